The minimum absolute atomic E-state index is 0.164. The Morgan fingerprint density at radius 1 is 1.16 bits per heavy atom. The van der Waals surface area contributed by atoms with Crippen molar-refractivity contribution in [1.82, 2.24) is 10.3 Å². The zero-order chi connectivity index (χ0) is 13.3. The summed E-state index contributed by atoms with van der Waals surface area (Å²) in [5.74, 6) is 0.644. The second kappa shape index (κ2) is 4.43. The van der Waals surface area contributed by atoms with Crippen LogP contribution in [0.4, 0.5) is 0 Å². The summed E-state index contributed by atoms with van der Waals surface area (Å²) in [6, 6.07) is 10.2. The average molecular weight is 252 g/mol. The molecule has 1 aromatic carbocycles. The summed E-state index contributed by atoms with van der Waals surface area (Å²) in [6.07, 6.45) is 8.18. The molecule has 2 aromatic rings. The molecular formula is C16H16N2O. The maximum absolute atomic E-state index is 5.14. The van der Waals surface area contributed by atoms with Crippen LogP contribution in [0.25, 0.3) is 10.9 Å². The molecule has 19 heavy (non-hydrogen) atoms. The van der Waals surface area contributed by atoms with Gasteiger partial charge >= 0.3 is 0 Å². The van der Waals surface area contributed by atoms with Crippen molar-refractivity contribution in [3.05, 3.63) is 60.3 Å². The lowest BCUT2D eigenvalue weighted by Crippen LogP contribution is -2.35. The number of hydrogen-bond donors (Lipinski definition) is 1. The smallest absolute Gasteiger partial charge is 0.213 e. The van der Waals surface area contributed by atoms with Crippen molar-refractivity contribution in [2.45, 2.75) is 12.5 Å². The monoisotopic (exact) mass is 252 g/mol. The van der Waals surface area contributed by atoms with Crippen molar-refractivity contribution in [2.24, 2.45) is 0 Å². The summed E-state index contributed by atoms with van der Waals surface area (Å²) in [7, 11) is 1.63. The summed E-state index contributed by atoms with van der Waals surface area (Å²) in [5, 5.41) is 4.50. The molecule has 3 rings (SSSR count). The van der Waals surface area contributed by atoms with Crippen LogP contribution in [0.1, 0.15) is 12.5 Å². The molecule has 0 aliphatic carbocycles. The lowest BCUT2D eigenvalue weighted by molar-refractivity contribution is 0.399. The van der Waals surface area contributed by atoms with E-state index in [2.05, 4.69) is 41.5 Å². The number of nitrogens with one attached hydrogen (secondary N) is 1. The van der Waals surface area contributed by atoms with Gasteiger partial charge in [0.15, 0.2) is 0 Å². The first kappa shape index (κ1) is 11.8. The highest BCUT2D eigenvalue weighted by Gasteiger charge is 2.23. The SMILES string of the molecule is COc1ccc2cc(C3(C)C=CC=CN3)ccc2n1. The molecular weight excluding hydrogens is 236 g/mol. The van der Waals surface area contributed by atoms with E-state index in [1.165, 1.54) is 5.56 Å². The van der Waals surface area contributed by atoms with Crippen LogP contribution in [-0.2, 0) is 5.54 Å². The maximum Gasteiger partial charge on any atom is 0.213 e. The molecule has 1 unspecified atom stereocenters. The van der Waals surface area contributed by atoms with Gasteiger partial charge in [0.2, 0.25) is 5.88 Å². The van der Waals surface area contributed by atoms with E-state index < -0.39 is 0 Å². The van der Waals surface area contributed by atoms with Crippen molar-refractivity contribution in [1.29, 1.82) is 0 Å². The van der Waals surface area contributed by atoms with E-state index in [0.29, 0.717) is 5.88 Å². The molecule has 2 heterocycles. The molecule has 1 N–H and O–H groups in total. The molecule has 0 spiro atoms. The lowest BCUT2D eigenvalue weighted by Gasteiger charge is -2.29. The fraction of sp³-hybridized carbons (Fsp3) is 0.188. The van der Waals surface area contributed by atoms with E-state index in [9.17, 15) is 0 Å². The lowest BCUT2D eigenvalue weighted by atomic mass is 9.89. The van der Waals surface area contributed by atoms with Crippen LogP contribution in [-0.4, -0.2) is 12.1 Å². The number of fused-ring (bicyclic) bond motifs is 1. The number of dihydropyridines is 1. The van der Waals surface area contributed by atoms with Crippen LogP contribution in [0.3, 0.4) is 0 Å². The van der Waals surface area contributed by atoms with Gasteiger partial charge in [0.1, 0.15) is 0 Å². The molecule has 96 valence electrons. The molecule has 3 heteroatoms. The first-order valence-corrected chi connectivity index (χ1v) is 6.29. The van der Waals surface area contributed by atoms with Crippen LogP contribution in [0.5, 0.6) is 5.88 Å². The van der Waals surface area contributed by atoms with Crippen LogP contribution >= 0.6 is 0 Å². The molecule has 0 bridgehead atoms. The molecule has 1 aromatic heterocycles. The van der Waals surface area contributed by atoms with Crippen LogP contribution in [0, 0.1) is 0 Å². The maximum atomic E-state index is 5.14. The van der Waals surface area contributed by atoms with Crippen LogP contribution in [0.2, 0.25) is 0 Å². The molecule has 1 atom stereocenters. The number of nitrogens with zero attached hydrogens (tertiary/aromatic N) is 1. The van der Waals surface area contributed by atoms with Crippen LogP contribution in [0.15, 0.2) is 54.8 Å². The predicted molar refractivity (Wildman–Crippen MR) is 77.1 cm³/mol. The molecule has 3 nitrogen and oxygen atoms in total. The summed E-state index contributed by atoms with van der Waals surface area (Å²) in [4.78, 5) is 4.43. The summed E-state index contributed by atoms with van der Waals surface area (Å²) >= 11 is 0. The zero-order valence-electron chi connectivity index (χ0n) is 11.1. The van der Waals surface area contributed by atoms with Crippen molar-refractivity contribution < 1.29 is 4.74 Å². The number of aromatic nitrogens is 1. The Morgan fingerprint density at radius 2 is 2.05 bits per heavy atom. The second-order valence-electron chi connectivity index (χ2n) is 4.83. The van der Waals surface area contributed by atoms with Gasteiger partial charge in [-0.3, -0.25) is 0 Å². The predicted octanol–water partition coefficient (Wildman–Crippen LogP) is 3.13. The van der Waals surface area contributed by atoms with Crippen molar-refractivity contribution in [3.63, 3.8) is 0 Å². The van der Waals surface area contributed by atoms with Gasteiger partial charge in [-0.2, -0.15) is 0 Å². The molecule has 0 amide bonds. The summed E-state index contributed by atoms with van der Waals surface area (Å²) in [5.41, 5.74) is 2.00. The average Bonchev–Trinajstić information content (AvgIpc) is 2.47. The number of allylic oxidation sites excluding steroid dienone is 2. The van der Waals surface area contributed by atoms with Gasteiger partial charge in [0.25, 0.3) is 0 Å². The van der Waals surface area contributed by atoms with Gasteiger partial charge in [0, 0.05) is 11.5 Å². The van der Waals surface area contributed by atoms with Gasteiger partial charge in [-0.05, 0) is 43.0 Å². The Bertz CT molecular complexity index is 676. The first-order chi connectivity index (χ1) is 9.21. The van der Waals surface area contributed by atoms with Crippen molar-refractivity contribution >= 4 is 10.9 Å². The highest BCUT2D eigenvalue weighted by Crippen LogP contribution is 2.27. The largest absolute Gasteiger partial charge is 0.481 e. The third kappa shape index (κ3) is 2.08. The normalized spacial score (nSPS) is 21.4. The highest BCUT2D eigenvalue weighted by atomic mass is 16.5. The summed E-state index contributed by atoms with van der Waals surface area (Å²) < 4.78 is 5.14. The Hall–Kier alpha value is -2.29. The van der Waals surface area contributed by atoms with Gasteiger partial charge in [-0.25, -0.2) is 4.98 Å². The molecule has 0 saturated carbocycles. The third-order valence-electron chi connectivity index (χ3n) is 3.49. The second-order valence-corrected chi connectivity index (χ2v) is 4.83. The van der Waals surface area contributed by atoms with E-state index in [0.717, 1.165) is 10.9 Å². The highest BCUT2D eigenvalue weighted by molar-refractivity contribution is 5.80. The number of benzene rings is 1. The van der Waals surface area contributed by atoms with E-state index in [-0.39, 0.29) is 5.54 Å². The van der Waals surface area contributed by atoms with Gasteiger partial charge in [-0.1, -0.05) is 18.2 Å². The first-order valence-electron chi connectivity index (χ1n) is 6.29. The number of methoxy groups -OCH3 is 1. The number of rotatable bonds is 2. The van der Waals surface area contributed by atoms with Crippen LogP contribution < -0.4 is 10.1 Å². The van der Waals surface area contributed by atoms with Gasteiger partial charge in [0.05, 0.1) is 18.2 Å². The Labute approximate surface area is 112 Å². The molecule has 0 fully saturated rings. The van der Waals surface area contributed by atoms with E-state index in [4.69, 9.17) is 4.74 Å². The fourth-order valence-electron chi connectivity index (χ4n) is 2.30. The Kier molecular flexibility index (Phi) is 2.75. The van der Waals surface area contributed by atoms with E-state index >= 15 is 0 Å². The minimum Gasteiger partial charge on any atom is -0.481 e. The van der Waals surface area contributed by atoms with Crippen molar-refractivity contribution in [2.75, 3.05) is 7.11 Å². The number of ether oxygens (including phenoxy) is 1. The van der Waals surface area contributed by atoms with Crippen molar-refractivity contribution in [3.8, 4) is 5.88 Å². The number of pyridine rings is 1. The topological polar surface area (TPSA) is 34.1 Å². The minimum atomic E-state index is -0.164. The summed E-state index contributed by atoms with van der Waals surface area (Å²) in [6.45, 7) is 2.16. The fourth-order valence-corrected chi connectivity index (χ4v) is 2.30. The molecule has 1 aliphatic rings. The zero-order valence-corrected chi connectivity index (χ0v) is 11.1. The molecule has 1 aliphatic heterocycles. The molecule has 0 saturated heterocycles. The Morgan fingerprint density at radius 3 is 2.79 bits per heavy atom. The van der Waals surface area contributed by atoms with Gasteiger partial charge in [-0.15, -0.1) is 0 Å². The quantitative estimate of drug-likeness (QED) is 0.891. The standard InChI is InChI=1S/C16H16N2O/c1-16(9-3-4-10-17-16)13-6-7-14-12(11-13)5-8-15(18-14)19-2/h3-11,17H,1-2H3. The number of hydrogen-bond acceptors (Lipinski definition) is 3. The van der Waals surface area contributed by atoms with Gasteiger partial charge < -0.3 is 10.1 Å². The molecule has 0 radical (unpaired) electrons. The van der Waals surface area contributed by atoms with E-state index in [1.807, 2.05) is 30.5 Å². The third-order valence-corrected chi connectivity index (χ3v) is 3.49. The van der Waals surface area contributed by atoms with E-state index in [1.54, 1.807) is 7.11 Å². The Balaban J connectivity index is 2.07.